The van der Waals surface area contributed by atoms with Crippen molar-refractivity contribution >= 4 is 33.3 Å². The SMILES string of the molecule is Cc1ccc(S(=O)(=O)OC[C@]2(c3ccc(Cl)cc3Cl)CCc3ccc(F)cc3O2)cc1. The number of halogens is 3. The molecule has 3 aromatic carbocycles. The topological polar surface area (TPSA) is 52.6 Å². The van der Waals surface area contributed by atoms with Gasteiger partial charge in [0.15, 0.2) is 5.60 Å². The molecule has 3 aromatic rings. The lowest BCUT2D eigenvalue weighted by atomic mass is 9.85. The zero-order chi connectivity index (χ0) is 22.2. The second-order valence-electron chi connectivity index (χ2n) is 7.50. The van der Waals surface area contributed by atoms with Crippen LogP contribution in [-0.4, -0.2) is 15.0 Å². The predicted octanol–water partition coefficient (Wildman–Crippen LogP) is 6.07. The molecule has 1 aliphatic heterocycles. The normalized spacial score (nSPS) is 18.3. The van der Waals surface area contributed by atoms with Gasteiger partial charge in [0.1, 0.15) is 18.2 Å². The molecule has 1 atom stereocenters. The second-order valence-corrected chi connectivity index (χ2v) is 9.96. The van der Waals surface area contributed by atoms with E-state index in [1.165, 1.54) is 24.3 Å². The zero-order valence-corrected chi connectivity index (χ0v) is 18.9. The first kappa shape index (κ1) is 22.1. The predicted molar refractivity (Wildman–Crippen MR) is 118 cm³/mol. The second kappa shape index (κ2) is 8.43. The molecule has 0 unspecified atom stereocenters. The summed E-state index contributed by atoms with van der Waals surface area (Å²) in [7, 11) is -4.05. The molecule has 1 heterocycles. The maximum absolute atomic E-state index is 13.9. The van der Waals surface area contributed by atoms with Crippen molar-refractivity contribution in [3.63, 3.8) is 0 Å². The molecule has 4 rings (SSSR count). The van der Waals surface area contributed by atoms with E-state index in [1.807, 2.05) is 6.92 Å². The molecule has 31 heavy (non-hydrogen) atoms. The first-order valence-electron chi connectivity index (χ1n) is 9.58. The minimum Gasteiger partial charge on any atom is -0.480 e. The Bertz CT molecular complexity index is 1230. The van der Waals surface area contributed by atoms with E-state index in [9.17, 15) is 12.8 Å². The molecule has 0 saturated carbocycles. The van der Waals surface area contributed by atoms with E-state index in [4.69, 9.17) is 32.1 Å². The van der Waals surface area contributed by atoms with Crippen LogP contribution >= 0.6 is 23.2 Å². The Kier molecular flexibility index (Phi) is 6.01. The molecule has 0 spiro atoms. The Balaban J connectivity index is 1.72. The lowest BCUT2D eigenvalue weighted by molar-refractivity contribution is -0.00105. The van der Waals surface area contributed by atoms with Gasteiger partial charge in [-0.2, -0.15) is 8.42 Å². The number of aryl methyl sites for hydroxylation is 2. The number of ether oxygens (including phenoxy) is 1. The Hall–Kier alpha value is -2.12. The molecule has 0 bridgehead atoms. The summed E-state index contributed by atoms with van der Waals surface area (Å²) < 4.78 is 51.1. The van der Waals surface area contributed by atoms with Crippen LogP contribution in [-0.2, 0) is 26.3 Å². The highest BCUT2D eigenvalue weighted by Gasteiger charge is 2.42. The molecule has 8 heteroatoms. The Morgan fingerprint density at radius 3 is 2.52 bits per heavy atom. The summed E-state index contributed by atoms with van der Waals surface area (Å²) in [6.07, 6.45) is 0.916. The summed E-state index contributed by atoms with van der Waals surface area (Å²) in [6, 6.07) is 15.5. The Morgan fingerprint density at radius 1 is 1.06 bits per heavy atom. The molecule has 0 amide bonds. The third-order valence-corrected chi connectivity index (χ3v) is 7.14. The van der Waals surface area contributed by atoms with Crippen LogP contribution in [0.25, 0.3) is 0 Å². The Labute approximate surface area is 190 Å². The van der Waals surface area contributed by atoms with Gasteiger partial charge in [0, 0.05) is 21.7 Å². The van der Waals surface area contributed by atoms with Crippen molar-refractivity contribution in [3.8, 4) is 5.75 Å². The molecule has 0 saturated heterocycles. The highest BCUT2D eigenvalue weighted by Crippen LogP contribution is 2.43. The standard InChI is InChI=1S/C23H19Cl2FO4S/c1-15-2-7-19(8-3-15)31(27,28)29-14-23(20-9-5-17(24)12-21(20)25)11-10-16-4-6-18(26)13-22(16)30-23/h2-9,12-13H,10-11,14H2,1H3/t23-/m0/s1. The van der Waals surface area contributed by atoms with E-state index < -0.39 is 21.5 Å². The Morgan fingerprint density at radius 2 is 1.81 bits per heavy atom. The third-order valence-electron chi connectivity index (χ3n) is 5.31. The van der Waals surface area contributed by atoms with Gasteiger partial charge >= 0.3 is 0 Å². The van der Waals surface area contributed by atoms with Crippen molar-refractivity contribution in [2.75, 3.05) is 6.61 Å². The van der Waals surface area contributed by atoms with Crippen LogP contribution in [0.2, 0.25) is 10.0 Å². The van der Waals surface area contributed by atoms with E-state index in [-0.39, 0.29) is 11.5 Å². The average Bonchev–Trinajstić information content (AvgIpc) is 2.72. The van der Waals surface area contributed by atoms with Crippen molar-refractivity contribution in [3.05, 3.63) is 93.2 Å². The van der Waals surface area contributed by atoms with Crippen LogP contribution in [0.1, 0.15) is 23.1 Å². The molecule has 162 valence electrons. The molecule has 0 aliphatic carbocycles. The first-order valence-corrected chi connectivity index (χ1v) is 11.7. The number of fused-ring (bicyclic) bond motifs is 1. The lowest BCUT2D eigenvalue weighted by Gasteiger charge is -2.39. The van der Waals surface area contributed by atoms with Gasteiger partial charge in [-0.3, -0.25) is 4.18 Å². The molecule has 0 aromatic heterocycles. The summed E-state index contributed by atoms with van der Waals surface area (Å²) in [6.45, 7) is 1.53. The van der Waals surface area contributed by atoms with Crippen LogP contribution in [0, 0.1) is 12.7 Å². The van der Waals surface area contributed by atoms with Gasteiger partial charge in [0.25, 0.3) is 10.1 Å². The van der Waals surface area contributed by atoms with Gasteiger partial charge in [-0.25, -0.2) is 4.39 Å². The minimum absolute atomic E-state index is 0.0395. The highest BCUT2D eigenvalue weighted by molar-refractivity contribution is 7.86. The lowest BCUT2D eigenvalue weighted by Crippen LogP contribution is -2.42. The van der Waals surface area contributed by atoms with Gasteiger partial charge in [-0.15, -0.1) is 0 Å². The fraction of sp³-hybridized carbons (Fsp3) is 0.217. The van der Waals surface area contributed by atoms with E-state index in [0.29, 0.717) is 34.2 Å². The average molecular weight is 481 g/mol. The summed E-state index contributed by atoms with van der Waals surface area (Å²) in [4.78, 5) is 0.0395. The minimum atomic E-state index is -4.05. The monoisotopic (exact) mass is 480 g/mol. The fourth-order valence-electron chi connectivity index (χ4n) is 3.60. The molecule has 0 radical (unpaired) electrons. The quantitative estimate of drug-likeness (QED) is 0.416. The zero-order valence-electron chi connectivity index (χ0n) is 16.6. The largest absolute Gasteiger partial charge is 0.480 e. The maximum atomic E-state index is 13.9. The third kappa shape index (κ3) is 4.58. The van der Waals surface area contributed by atoms with E-state index in [1.54, 1.807) is 36.4 Å². The fourth-order valence-corrected chi connectivity index (χ4v) is 5.13. The molecule has 0 N–H and O–H groups in total. The van der Waals surface area contributed by atoms with Crippen molar-refractivity contribution in [2.24, 2.45) is 0 Å². The number of hydrogen-bond acceptors (Lipinski definition) is 4. The first-order chi connectivity index (χ1) is 14.7. The van der Waals surface area contributed by atoms with Crippen LogP contribution in [0.15, 0.2) is 65.6 Å². The van der Waals surface area contributed by atoms with Crippen molar-refractivity contribution in [1.82, 2.24) is 0 Å². The summed E-state index contributed by atoms with van der Waals surface area (Å²) in [5, 5.41) is 0.739. The smallest absolute Gasteiger partial charge is 0.297 e. The number of benzene rings is 3. The maximum Gasteiger partial charge on any atom is 0.297 e. The summed E-state index contributed by atoms with van der Waals surface area (Å²) >= 11 is 12.5. The summed E-state index contributed by atoms with van der Waals surface area (Å²) in [5.41, 5.74) is 1.04. The van der Waals surface area contributed by atoms with Crippen LogP contribution in [0.5, 0.6) is 5.75 Å². The van der Waals surface area contributed by atoms with E-state index in [2.05, 4.69) is 0 Å². The molecular weight excluding hydrogens is 462 g/mol. The van der Waals surface area contributed by atoms with E-state index >= 15 is 0 Å². The molecular formula is C23H19Cl2FO4S. The van der Waals surface area contributed by atoms with Gasteiger partial charge in [0.05, 0.1) is 4.90 Å². The van der Waals surface area contributed by atoms with E-state index in [0.717, 1.165) is 11.1 Å². The molecule has 0 fully saturated rings. The molecule has 4 nitrogen and oxygen atoms in total. The van der Waals surface area contributed by atoms with Crippen molar-refractivity contribution < 1.29 is 21.7 Å². The van der Waals surface area contributed by atoms with Gasteiger partial charge in [0.2, 0.25) is 0 Å². The van der Waals surface area contributed by atoms with Gasteiger partial charge in [-0.05, 0) is 55.7 Å². The van der Waals surface area contributed by atoms with Crippen LogP contribution in [0.4, 0.5) is 4.39 Å². The van der Waals surface area contributed by atoms with Gasteiger partial charge in [-0.1, -0.05) is 53.0 Å². The van der Waals surface area contributed by atoms with Crippen molar-refractivity contribution in [1.29, 1.82) is 0 Å². The van der Waals surface area contributed by atoms with Crippen LogP contribution in [0.3, 0.4) is 0 Å². The number of hydrogen-bond donors (Lipinski definition) is 0. The molecule has 1 aliphatic rings. The summed E-state index contributed by atoms with van der Waals surface area (Å²) in [5.74, 6) is -0.126. The van der Waals surface area contributed by atoms with Gasteiger partial charge < -0.3 is 4.74 Å². The number of rotatable bonds is 5. The van der Waals surface area contributed by atoms with Crippen LogP contribution < -0.4 is 4.74 Å². The van der Waals surface area contributed by atoms with Crippen molar-refractivity contribution in [2.45, 2.75) is 30.3 Å². The highest BCUT2D eigenvalue weighted by atomic mass is 35.5.